The first-order chi connectivity index (χ1) is 11.0. The van der Waals surface area contributed by atoms with Gasteiger partial charge < -0.3 is 11.1 Å². The molecule has 8 heteroatoms. The summed E-state index contributed by atoms with van der Waals surface area (Å²) in [7, 11) is 0. The minimum absolute atomic E-state index is 0.0490. The molecule has 0 aliphatic carbocycles. The maximum Gasteiger partial charge on any atom is 0.280 e. The molecular formula is C15H11BrClN5O. The molecular weight excluding hydrogens is 382 g/mol. The molecule has 1 aromatic heterocycles. The van der Waals surface area contributed by atoms with Gasteiger partial charge in [-0.15, -0.1) is 5.10 Å². The van der Waals surface area contributed by atoms with Gasteiger partial charge in [0.25, 0.3) is 5.91 Å². The van der Waals surface area contributed by atoms with Crippen molar-refractivity contribution in [1.82, 2.24) is 15.0 Å². The van der Waals surface area contributed by atoms with E-state index in [0.29, 0.717) is 16.4 Å². The molecule has 0 bridgehead atoms. The van der Waals surface area contributed by atoms with E-state index in [1.165, 1.54) is 4.68 Å². The average Bonchev–Trinajstić information content (AvgIpc) is 2.91. The molecule has 0 unspecified atom stereocenters. The number of nitrogens with one attached hydrogen (secondary N) is 1. The van der Waals surface area contributed by atoms with E-state index in [1.807, 2.05) is 12.1 Å². The monoisotopic (exact) mass is 391 g/mol. The molecule has 0 atom stereocenters. The summed E-state index contributed by atoms with van der Waals surface area (Å²) in [4.78, 5) is 12.3. The summed E-state index contributed by atoms with van der Waals surface area (Å²) in [6, 6.07) is 14.1. The second kappa shape index (κ2) is 6.39. The Morgan fingerprint density at radius 3 is 2.65 bits per heavy atom. The SMILES string of the molecule is Nc1c(C(=O)Nc2ccc(Br)cc2)nnn1-c1cccc(Cl)c1. The Balaban J connectivity index is 1.86. The zero-order valence-electron chi connectivity index (χ0n) is 11.7. The molecule has 1 amide bonds. The fraction of sp³-hybridized carbons (Fsp3) is 0. The van der Waals surface area contributed by atoms with E-state index >= 15 is 0 Å². The van der Waals surface area contributed by atoms with E-state index in [1.54, 1.807) is 36.4 Å². The van der Waals surface area contributed by atoms with Crippen molar-refractivity contribution >= 4 is 44.9 Å². The first kappa shape index (κ1) is 15.5. The van der Waals surface area contributed by atoms with Crippen LogP contribution in [0.1, 0.15) is 10.5 Å². The molecule has 0 aliphatic heterocycles. The van der Waals surface area contributed by atoms with Crippen LogP contribution in [0.3, 0.4) is 0 Å². The van der Waals surface area contributed by atoms with Gasteiger partial charge in [0, 0.05) is 15.2 Å². The fourth-order valence-corrected chi connectivity index (χ4v) is 2.42. The summed E-state index contributed by atoms with van der Waals surface area (Å²) in [5.41, 5.74) is 7.30. The number of benzene rings is 2. The summed E-state index contributed by atoms with van der Waals surface area (Å²) in [6.45, 7) is 0. The van der Waals surface area contributed by atoms with E-state index < -0.39 is 5.91 Å². The summed E-state index contributed by atoms with van der Waals surface area (Å²) >= 11 is 9.29. The number of nitrogens with two attached hydrogens (primary N) is 1. The minimum atomic E-state index is -0.432. The molecule has 3 rings (SSSR count). The Bertz CT molecular complexity index is 863. The molecule has 0 saturated heterocycles. The number of hydrogen-bond acceptors (Lipinski definition) is 4. The van der Waals surface area contributed by atoms with Crippen molar-refractivity contribution in [3.05, 3.63) is 63.7 Å². The van der Waals surface area contributed by atoms with Gasteiger partial charge >= 0.3 is 0 Å². The van der Waals surface area contributed by atoms with Crippen LogP contribution in [0.4, 0.5) is 11.5 Å². The molecule has 3 aromatic rings. The van der Waals surface area contributed by atoms with E-state index in [9.17, 15) is 4.79 Å². The normalized spacial score (nSPS) is 10.5. The Kier molecular flexibility index (Phi) is 4.31. The summed E-state index contributed by atoms with van der Waals surface area (Å²) < 4.78 is 2.28. The predicted molar refractivity (Wildman–Crippen MR) is 92.9 cm³/mol. The van der Waals surface area contributed by atoms with Crippen molar-refractivity contribution in [2.45, 2.75) is 0 Å². The lowest BCUT2D eigenvalue weighted by Gasteiger charge is -2.05. The van der Waals surface area contributed by atoms with Crippen LogP contribution in [-0.4, -0.2) is 20.9 Å². The summed E-state index contributed by atoms with van der Waals surface area (Å²) in [5, 5.41) is 11.0. The van der Waals surface area contributed by atoms with Crippen molar-refractivity contribution in [2.75, 3.05) is 11.1 Å². The lowest BCUT2D eigenvalue weighted by atomic mass is 10.3. The number of anilines is 2. The second-order valence-electron chi connectivity index (χ2n) is 4.68. The molecule has 0 aliphatic rings. The van der Waals surface area contributed by atoms with Gasteiger partial charge in [0.1, 0.15) is 0 Å². The molecule has 23 heavy (non-hydrogen) atoms. The number of rotatable bonds is 3. The lowest BCUT2D eigenvalue weighted by molar-refractivity contribution is 0.102. The number of carbonyl (C=O) groups excluding carboxylic acids is 1. The first-order valence-corrected chi connectivity index (χ1v) is 7.76. The molecule has 3 N–H and O–H groups in total. The van der Waals surface area contributed by atoms with Crippen LogP contribution in [-0.2, 0) is 0 Å². The van der Waals surface area contributed by atoms with Gasteiger partial charge in [-0.25, -0.2) is 0 Å². The standard InChI is InChI=1S/C15H11BrClN5O/c16-9-4-6-11(7-5-9)19-15(23)13-14(18)22(21-20-13)12-3-1-2-10(17)8-12/h1-8H,18H2,(H,19,23). The van der Waals surface area contributed by atoms with Crippen molar-refractivity contribution < 1.29 is 4.79 Å². The highest BCUT2D eigenvalue weighted by atomic mass is 79.9. The van der Waals surface area contributed by atoms with Gasteiger partial charge in [-0.05, 0) is 42.5 Å². The van der Waals surface area contributed by atoms with Crippen LogP contribution in [0, 0.1) is 0 Å². The highest BCUT2D eigenvalue weighted by molar-refractivity contribution is 9.10. The molecule has 2 aromatic carbocycles. The largest absolute Gasteiger partial charge is 0.382 e. The van der Waals surface area contributed by atoms with Crippen LogP contribution in [0.25, 0.3) is 5.69 Å². The Hall–Kier alpha value is -2.38. The number of amides is 1. The number of carbonyl (C=O) groups is 1. The van der Waals surface area contributed by atoms with Gasteiger partial charge in [-0.3, -0.25) is 4.79 Å². The Labute approximate surface area is 145 Å². The summed E-state index contributed by atoms with van der Waals surface area (Å²) in [5.74, 6) is -0.292. The highest BCUT2D eigenvalue weighted by Gasteiger charge is 2.18. The minimum Gasteiger partial charge on any atom is -0.382 e. The van der Waals surface area contributed by atoms with Crippen molar-refractivity contribution in [3.8, 4) is 5.69 Å². The van der Waals surface area contributed by atoms with Crippen LogP contribution in [0.15, 0.2) is 53.0 Å². The smallest absolute Gasteiger partial charge is 0.280 e. The third kappa shape index (κ3) is 3.35. The van der Waals surface area contributed by atoms with Crippen LogP contribution in [0.5, 0.6) is 0 Å². The van der Waals surface area contributed by atoms with Gasteiger partial charge in [-0.2, -0.15) is 4.68 Å². The molecule has 1 heterocycles. The van der Waals surface area contributed by atoms with Gasteiger partial charge in [0.05, 0.1) is 5.69 Å². The molecule has 6 nitrogen and oxygen atoms in total. The molecule has 0 fully saturated rings. The fourth-order valence-electron chi connectivity index (χ4n) is 1.97. The quantitative estimate of drug-likeness (QED) is 0.714. The topological polar surface area (TPSA) is 85.8 Å². The number of nitrogen functional groups attached to an aromatic ring is 1. The Morgan fingerprint density at radius 2 is 1.96 bits per heavy atom. The number of aromatic nitrogens is 3. The molecule has 0 saturated carbocycles. The van der Waals surface area contributed by atoms with E-state index in [0.717, 1.165) is 4.47 Å². The average molecular weight is 393 g/mol. The number of nitrogens with zero attached hydrogens (tertiary/aromatic N) is 3. The third-order valence-electron chi connectivity index (χ3n) is 3.07. The third-order valence-corrected chi connectivity index (χ3v) is 3.84. The van der Waals surface area contributed by atoms with E-state index in [4.69, 9.17) is 17.3 Å². The number of hydrogen-bond donors (Lipinski definition) is 2. The van der Waals surface area contributed by atoms with Crippen molar-refractivity contribution in [3.63, 3.8) is 0 Å². The molecule has 116 valence electrons. The number of halogens is 2. The van der Waals surface area contributed by atoms with Gasteiger partial charge in [-0.1, -0.05) is 38.8 Å². The maximum atomic E-state index is 12.3. The van der Waals surface area contributed by atoms with Gasteiger partial charge in [0.15, 0.2) is 11.5 Å². The zero-order valence-corrected chi connectivity index (χ0v) is 14.0. The van der Waals surface area contributed by atoms with Crippen LogP contribution in [0.2, 0.25) is 5.02 Å². The predicted octanol–water partition coefficient (Wildman–Crippen LogP) is 3.52. The Morgan fingerprint density at radius 1 is 1.22 bits per heavy atom. The van der Waals surface area contributed by atoms with E-state index in [-0.39, 0.29) is 11.5 Å². The highest BCUT2D eigenvalue weighted by Crippen LogP contribution is 2.20. The lowest BCUT2D eigenvalue weighted by Crippen LogP contribution is -2.15. The summed E-state index contributed by atoms with van der Waals surface area (Å²) in [6.07, 6.45) is 0. The zero-order chi connectivity index (χ0) is 16.4. The van der Waals surface area contributed by atoms with Gasteiger partial charge in [0.2, 0.25) is 0 Å². The first-order valence-electron chi connectivity index (χ1n) is 6.58. The molecule has 0 radical (unpaired) electrons. The maximum absolute atomic E-state index is 12.3. The van der Waals surface area contributed by atoms with Crippen molar-refractivity contribution in [1.29, 1.82) is 0 Å². The van der Waals surface area contributed by atoms with E-state index in [2.05, 4.69) is 31.6 Å². The van der Waals surface area contributed by atoms with Crippen LogP contribution >= 0.6 is 27.5 Å². The second-order valence-corrected chi connectivity index (χ2v) is 6.03. The van der Waals surface area contributed by atoms with Crippen molar-refractivity contribution in [2.24, 2.45) is 0 Å². The van der Waals surface area contributed by atoms with Crippen LogP contribution < -0.4 is 11.1 Å². The molecule has 0 spiro atoms.